The van der Waals surface area contributed by atoms with Crippen LogP contribution in [-0.4, -0.2) is 60.9 Å². The van der Waals surface area contributed by atoms with Crippen molar-refractivity contribution < 1.29 is 13.2 Å². The molecule has 26 heavy (non-hydrogen) atoms. The number of halogens is 1. The molecular weight excluding hydrogens is 400 g/mol. The highest BCUT2D eigenvalue weighted by Gasteiger charge is 2.27. The predicted octanol–water partition coefficient (Wildman–Crippen LogP) is 0.186. The molecule has 0 aromatic carbocycles. The molecule has 0 saturated carbocycles. The second kappa shape index (κ2) is 7.53. The van der Waals surface area contributed by atoms with Crippen LogP contribution in [0.25, 0.3) is 10.2 Å². The number of morpholine rings is 1. The molecule has 4 heterocycles. The molecule has 1 saturated heterocycles. The first-order valence-corrected chi connectivity index (χ1v) is 10.9. The molecule has 0 spiro atoms. The molecule has 1 atom stereocenters. The largest absolute Gasteiger partial charge is 0.374 e. The Balaban J connectivity index is 0.00000196. The first-order valence-electron chi connectivity index (χ1n) is 8.20. The summed E-state index contributed by atoms with van der Waals surface area (Å²) >= 11 is 1.57. The van der Waals surface area contributed by atoms with Crippen molar-refractivity contribution in [1.82, 2.24) is 19.2 Å². The molecule has 2 aliphatic heterocycles. The smallest absolute Gasteiger partial charge is 0.262 e. The monoisotopic (exact) mass is 420 g/mol. The zero-order chi connectivity index (χ0) is 17.6. The van der Waals surface area contributed by atoms with Gasteiger partial charge in [-0.15, -0.1) is 23.7 Å². The lowest BCUT2D eigenvalue weighted by atomic mass is 10.1. The predicted molar refractivity (Wildman–Crippen MR) is 103 cm³/mol. The number of fused-ring (bicyclic) bond motifs is 3. The van der Waals surface area contributed by atoms with Crippen molar-refractivity contribution in [2.45, 2.75) is 25.6 Å². The van der Waals surface area contributed by atoms with E-state index >= 15 is 0 Å². The van der Waals surface area contributed by atoms with E-state index in [9.17, 15) is 13.2 Å². The summed E-state index contributed by atoms with van der Waals surface area (Å²) in [5, 5.41) is 4.02. The number of nitrogens with one attached hydrogen (secondary N) is 1. The number of aromatic nitrogens is 2. The van der Waals surface area contributed by atoms with Crippen molar-refractivity contribution in [2.75, 3.05) is 32.5 Å². The lowest BCUT2D eigenvalue weighted by Crippen LogP contribution is -2.47. The molecule has 2 aromatic heterocycles. The second-order valence-corrected chi connectivity index (χ2v) is 9.49. The van der Waals surface area contributed by atoms with Crippen molar-refractivity contribution in [3.05, 3.63) is 27.1 Å². The van der Waals surface area contributed by atoms with Crippen LogP contribution in [-0.2, 0) is 34.3 Å². The third kappa shape index (κ3) is 3.67. The maximum atomic E-state index is 12.9. The van der Waals surface area contributed by atoms with Gasteiger partial charge < -0.3 is 10.1 Å². The normalized spacial score (nSPS) is 21.3. The maximum absolute atomic E-state index is 12.9. The van der Waals surface area contributed by atoms with Gasteiger partial charge in [-0.25, -0.2) is 13.4 Å². The molecule has 0 radical (unpaired) electrons. The third-order valence-electron chi connectivity index (χ3n) is 4.67. The summed E-state index contributed by atoms with van der Waals surface area (Å²) < 4.78 is 32.1. The standard InChI is InChI=1S/C15H20N4O4S2.ClH/c1-25(21,22)19-4-5-23-10(8-19)7-18-9-17-14-13(15(18)20)11-2-3-16-6-12(11)24-14;/h9-10,16H,2-8H2,1H3;1H. The fraction of sp³-hybridized carbons (Fsp3) is 0.600. The SMILES string of the molecule is CS(=O)(=O)N1CCOC(Cn2cnc3sc4c(c3c2=O)CCNC4)C1.Cl. The molecule has 11 heteroatoms. The first-order chi connectivity index (χ1) is 11.9. The molecule has 0 bridgehead atoms. The van der Waals surface area contributed by atoms with Crippen molar-refractivity contribution in [2.24, 2.45) is 0 Å². The summed E-state index contributed by atoms with van der Waals surface area (Å²) in [5.74, 6) is 0. The van der Waals surface area contributed by atoms with Gasteiger partial charge in [0.2, 0.25) is 10.0 Å². The van der Waals surface area contributed by atoms with E-state index in [4.69, 9.17) is 4.74 Å². The third-order valence-corrected chi connectivity index (χ3v) is 7.08. The Kier molecular flexibility index (Phi) is 5.71. The number of thiophene rings is 1. The molecule has 0 aliphatic carbocycles. The highest BCUT2D eigenvalue weighted by atomic mass is 35.5. The van der Waals surface area contributed by atoms with E-state index in [1.54, 1.807) is 22.2 Å². The fourth-order valence-electron chi connectivity index (χ4n) is 3.40. The lowest BCUT2D eigenvalue weighted by Gasteiger charge is -2.31. The van der Waals surface area contributed by atoms with Gasteiger partial charge in [-0.05, 0) is 18.5 Å². The maximum Gasteiger partial charge on any atom is 0.262 e. The zero-order valence-electron chi connectivity index (χ0n) is 14.3. The van der Waals surface area contributed by atoms with Crippen LogP contribution >= 0.6 is 23.7 Å². The van der Waals surface area contributed by atoms with Gasteiger partial charge in [0.25, 0.3) is 5.56 Å². The van der Waals surface area contributed by atoms with E-state index in [1.807, 2.05) is 0 Å². The quantitative estimate of drug-likeness (QED) is 0.761. The molecule has 2 aromatic rings. The van der Waals surface area contributed by atoms with Gasteiger partial charge in [0, 0.05) is 24.5 Å². The molecule has 144 valence electrons. The van der Waals surface area contributed by atoms with Crippen LogP contribution in [0.4, 0.5) is 0 Å². The molecule has 4 rings (SSSR count). The van der Waals surface area contributed by atoms with Crippen LogP contribution < -0.4 is 10.9 Å². The Morgan fingerprint density at radius 2 is 2.27 bits per heavy atom. The highest BCUT2D eigenvalue weighted by molar-refractivity contribution is 7.88. The molecule has 1 fully saturated rings. The molecular formula is C15H21ClN4O4S2. The van der Waals surface area contributed by atoms with Crippen LogP contribution in [0.1, 0.15) is 10.4 Å². The Labute approximate surface area is 161 Å². The van der Waals surface area contributed by atoms with Crippen molar-refractivity contribution in [3.63, 3.8) is 0 Å². The van der Waals surface area contributed by atoms with Crippen molar-refractivity contribution in [3.8, 4) is 0 Å². The Hall–Kier alpha value is -1.04. The van der Waals surface area contributed by atoms with Gasteiger partial charge in [0.1, 0.15) is 4.83 Å². The summed E-state index contributed by atoms with van der Waals surface area (Å²) in [5.41, 5.74) is 1.04. The Morgan fingerprint density at radius 1 is 1.46 bits per heavy atom. The first kappa shape index (κ1) is 19.7. The van der Waals surface area contributed by atoms with Crippen LogP contribution in [0.2, 0.25) is 0 Å². The average molecular weight is 421 g/mol. The minimum atomic E-state index is -3.25. The molecule has 0 amide bonds. The van der Waals surface area contributed by atoms with E-state index in [0.717, 1.165) is 29.9 Å². The van der Waals surface area contributed by atoms with E-state index in [2.05, 4.69) is 10.3 Å². The van der Waals surface area contributed by atoms with Crippen molar-refractivity contribution in [1.29, 1.82) is 0 Å². The second-order valence-electron chi connectivity index (χ2n) is 6.43. The number of rotatable bonds is 3. The van der Waals surface area contributed by atoms with Gasteiger partial charge in [-0.2, -0.15) is 4.31 Å². The van der Waals surface area contributed by atoms with E-state index < -0.39 is 10.0 Å². The van der Waals surface area contributed by atoms with E-state index in [-0.39, 0.29) is 30.6 Å². The summed E-state index contributed by atoms with van der Waals surface area (Å²) in [6, 6.07) is 0. The molecule has 1 unspecified atom stereocenters. The summed E-state index contributed by atoms with van der Waals surface area (Å²) in [6.07, 6.45) is 3.22. The molecule has 8 nitrogen and oxygen atoms in total. The fourth-order valence-corrected chi connectivity index (χ4v) is 5.39. The molecule has 2 aliphatic rings. The van der Waals surface area contributed by atoms with E-state index in [1.165, 1.54) is 15.4 Å². The number of hydrogen-bond donors (Lipinski definition) is 1. The van der Waals surface area contributed by atoms with Crippen LogP contribution in [0.3, 0.4) is 0 Å². The number of sulfonamides is 1. The van der Waals surface area contributed by atoms with Crippen molar-refractivity contribution >= 4 is 44.0 Å². The van der Waals surface area contributed by atoms with Crippen LogP contribution in [0, 0.1) is 0 Å². The summed E-state index contributed by atoms with van der Waals surface area (Å²) in [7, 11) is -3.25. The van der Waals surface area contributed by atoms with Gasteiger partial charge in [-0.1, -0.05) is 0 Å². The topological polar surface area (TPSA) is 93.5 Å². The summed E-state index contributed by atoms with van der Waals surface area (Å²) in [4.78, 5) is 19.3. The Morgan fingerprint density at radius 3 is 3.04 bits per heavy atom. The number of nitrogens with zero attached hydrogens (tertiary/aromatic N) is 3. The van der Waals surface area contributed by atoms with E-state index in [0.29, 0.717) is 25.1 Å². The van der Waals surface area contributed by atoms with Crippen LogP contribution in [0.5, 0.6) is 0 Å². The van der Waals surface area contributed by atoms with Gasteiger partial charge >= 0.3 is 0 Å². The van der Waals surface area contributed by atoms with Gasteiger partial charge in [-0.3, -0.25) is 9.36 Å². The molecule has 1 N–H and O–H groups in total. The summed E-state index contributed by atoms with van der Waals surface area (Å²) in [6.45, 7) is 2.90. The lowest BCUT2D eigenvalue weighted by molar-refractivity contribution is -0.0106. The highest BCUT2D eigenvalue weighted by Crippen LogP contribution is 2.29. The number of ether oxygens (including phenoxy) is 1. The van der Waals surface area contributed by atoms with Gasteiger partial charge in [0.15, 0.2) is 0 Å². The average Bonchev–Trinajstić information content (AvgIpc) is 2.96. The van der Waals surface area contributed by atoms with Crippen LogP contribution in [0.15, 0.2) is 11.1 Å². The number of hydrogen-bond acceptors (Lipinski definition) is 7. The zero-order valence-corrected chi connectivity index (χ0v) is 16.8. The Bertz CT molecular complexity index is 972. The minimum Gasteiger partial charge on any atom is -0.374 e. The minimum absolute atomic E-state index is 0. The van der Waals surface area contributed by atoms with Gasteiger partial charge in [0.05, 0.1) is 37.2 Å².